The molecule has 0 aromatic heterocycles. The van der Waals surface area contributed by atoms with E-state index in [1.54, 1.807) is 0 Å². The Bertz CT molecular complexity index is 161. The van der Waals surface area contributed by atoms with Crippen molar-refractivity contribution in [2.24, 2.45) is 5.92 Å². The summed E-state index contributed by atoms with van der Waals surface area (Å²) in [5, 5.41) is 3.08. The van der Waals surface area contributed by atoms with Gasteiger partial charge in [0.25, 0.3) is 0 Å². The van der Waals surface area contributed by atoms with Gasteiger partial charge < -0.3 is 5.32 Å². The first-order chi connectivity index (χ1) is 5.86. The topological polar surface area (TPSA) is 29.1 Å². The van der Waals surface area contributed by atoms with Crippen LogP contribution in [0.15, 0.2) is 0 Å². The van der Waals surface area contributed by atoms with Crippen LogP contribution < -0.4 is 5.32 Å². The fourth-order valence-electron chi connectivity index (χ4n) is 2.50. The maximum atomic E-state index is 11.1. The van der Waals surface area contributed by atoms with E-state index in [4.69, 9.17) is 0 Å². The predicted octanol–water partition coefficient (Wildman–Crippen LogP) is 1.85. The molecule has 2 aliphatic rings. The van der Waals surface area contributed by atoms with Crippen molar-refractivity contribution in [2.45, 2.75) is 51.0 Å². The van der Waals surface area contributed by atoms with Crippen molar-refractivity contribution in [3.8, 4) is 0 Å². The SMILES string of the molecule is O=C1CC2CCCCCCC2N1. The molecule has 1 saturated heterocycles. The fourth-order valence-corrected chi connectivity index (χ4v) is 2.50. The second kappa shape index (κ2) is 3.46. The highest BCUT2D eigenvalue weighted by molar-refractivity contribution is 5.79. The molecule has 1 aliphatic carbocycles. The number of carbonyl (C=O) groups is 1. The number of nitrogens with one attached hydrogen (secondary N) is 1. The zero-order valence-electron chi connectivity index (χ0n) is 7.51. The van der Waals surface area contributed by atoms with Gasteiger partial charge in [-0.1, -0.05) is 25.7 Å². The van der Waals surface area contributed by atoms with Crippen LogP contribution in [-0.4, -0.2) is 11.9 Å². The van der Waals surface area contributed by atoms with E-state index in [0.717, 1.165) is 6.42 Å². The second-order valence-electron chi connectivity index (χ2n) is 4.13. The van der Waals surface area contributed by atoms with Gasteiger partial charge in [-0.2, -0.15) is 0 Å². The number of carbonyl (C=O) groups excluding carboxylic acids is 1. The predicted molar refractivity (Wildman–Crippen MR) is 47.7 cm³/mol. The number of rotatable bonds is 0. The zero-order valence-corrected chi connectivity index (χ0v) is 7.51. The van der Waals surface area contributed by atoms with Gasteiger partial charge in [-0.25, -0.2) is 0 Å². The lowest BCUT2D eigenvalue weighted by Gasteiger charge is -2.21. The summed E-state index contributed by atoms with van der Waals surface area (Å²) in [5.41, 5.74) is 0. The van der Waals surface area contributed by atoms with E-state index in [2.05, 4.69) is 5.32 Å². The van der Waals surface area contributed by atoms with E-state index in [9.17, 15) is 4.79 Å². The third-order valence-electron chi connectivity index (χ3n) is 3.20. The summed E-state index contributed by atoms with van der Waals surface area (Å²) in [6.07, 6.45) is 8.65. The van der Waals surface area contributed by atoms with Gasteiger partial charge in [0, 0.05) is 12.5 Å². The Morgan fingerprint density at radius 2 is 1.83 bits per heavy atom. The van der Waals surface area contributed by atoms with Crippen LogP contribution in [0.1, 0.15) is 44.9 Å². The first kappa shape index (κ1) is 8.09. The van der Waals surface area contributed by atoms with Gasteiger partial charge in [0.05, 0.1) is 0 Å². The Kier molecular flexibility index (Phi) is 2.33. The van der Waals surface area contributed by atoms with Crippen molar-refractivity contribution >= 4 is 5.91 Å². The molecule has 0 radical (unpaired) electrons. The van der Waals surface area contributed by atoms with Crippen LogP contribution in [0, 0.1) is 5.92 Å². The molecule has 12 heavy (non-hydrogen) atoms. The molecule has 2 atom stereocenters. The van der Waals surface area contributed by atoms with Gasteiger partial charge in [-0.3, -0.25) is 4.79 Å². The van der Waals surface area contributed by atoms with Crippen LogP contribution in [0.3, 0.4) is 0 Å². The van der Waals surface area contributed by atoms with Gasteiger partial charge in [0.15, 0.2) is 0 Å². The maximum Gasteiger partial charge on any atom is 0.220 e. The zero-order chi connectivity index (χ0) is 8.39. The normalized spacial score (nSPS) is 36.5. The average molecular weight is 167 g/mol. The Hall–Kier alpha value is -0.530. The largest absolute Gasteiger partial charge is 0.353 e. The van der Waals surface area contributed by atoms with E-state index in [0.29, 0.717) is 12.0 Å². The van der Waals surface area contributed by atoms with Crippen LogP contribution in [-0.2, 0) is 4.79 Å². The lowest BCUT2D eigenvalue weighted by molar-refractivity contribution is -0.119. The molecule has 68 valence electrons. The maximum absolute atomic E-state index is 11.1. The molecule has 1 saturated carbocycles. The molecule has 2 heteroatoms. The minimum Gasteiger partial charge on any atom is -0.353 e. The van der Waals surface area contributed by atoms with Crippen LogP contribution in [0.2, 0.25) is 0 Å². The van der Waals surface area contributed by atoms with Gasteiger partial charge in [0.2, 0.25) is 5.91 Å². The second-order valence-corrected chi connectivity index (χ2v) is 4.13. The number of amides is 1. The van der Waals surface area contributed by atoms with E-state index in [1.807, 2.05) is 0 Å². The molecule has 2 unspecified atom stereocenters. The molecular formula is C10H17NO. The van der Waals surface area contributed by atoms with E-state index < -0.39 is 0 Å². The van der Waals surface area contributed by atoms with Crippen molar-refractivity contribution in [2.75, 3.05) is 0 Å². The minimum absolute atomic E-state index is 0.284. The van der Waals surface area contributed by atoms with Crippen molar-refractivity contribution in [1.29, 1.82) is 0 Å². The third-order valence-corrected chi connectivity index (χ3v) is 3.20. The van der Waals surface area contributed by atoms with Gasteiger partial charge in [-0.05, 0) is 18.8 Å². The average Bonchev–Trinajstić information content (AvgIpc) is 2.32. The van der Waals surface area contributed by atoms with E-state index in [1.165, 1.54) is 38.5 Å². The summed E-state index contributed by atoms with van der Waals surface area (Å²) in [6.45, 7) is 0. The Morgan fingerprint density at radius 3 is 2.67 bits per heavy atom. The highest BCUT2D eigenvalue weighted by atomic mass is 16.1. The monoisotopic (exact) mass is 167 g/mol. The molecule has 0 aromatic rings. The Labute approximate surface area is 73.7 Å². The summed E-state index contributed by atoms with van der Waals surface area (Å²) < 4.78 is 0. The third kappa shape index (κ3) is 1.62. The van der Waals surface area contributed by atoms with Crippen LogP contribution in [0.25, 0.3) is 0 Å². The minimum atomic E-state index is 0.284. The summed E-state index contributed by atoms with van der Waals surface area (Å²) >= 11 is 0. The first-order valence-electron chi connectivity index (χ1n) is 5.15. The highest BCUT2D eigenvalue weighted by Crippen LogP contribution is 2.28. The lowest BCUT2D eigenvalue weighted by Crippen LogP contribution is -2.29. The molecule has 0 bridgehead atoms. The molecule has 1 aliphatic heterocycles. The van der Waals surface area contributed by atoms with Crippen molar-refractivity contribution in [1.82, 2.24) is 5.32 Å². The molecule has 2 rings (SSSR count). The number of hydrogen-bond acceptors (Lipinski definition) is 1. The Morgan fingerprint density at radius 1 is 1.08 bits per heavy atom. The molecule has 0 spiro atoms. The molecule has 2 fully saturated rings. The summed E-state index contributed by atoms with van der Waals surface area (Å²) in [6, 6.07) is 0.526. The molecule has 1 amide bonds. The van der Waals surface area contributed by atoms with Gasteiger partial charge in [0.1, 0.15) is 0 Å². The molecule has 2 nitrogen and oxygen atoms in total. The smallest absolute Gasteiger partial charge is 0.220 e. The van der Waals surface area contributed by atoms with Crippen LogP contribution >= 0.6 is 0 Å². The summed E-state index contributed by atoms with van der Waals surface area (Å²) in [5.74, 6) is 0.949. The van der Waals surface area contributed by atoms with Crippen LogP contribution in [0.5, 0.6) is 0 Å². The highest BCUT2D eigenvalue weighted by Gasteiger charge is 2.31. The Balaban J connectivity index is 1.96. The quantitative estimate of drug-likeness (QED) is 0.586. The standard InChI is InChI=1S/C10H17NO/c12-10-7-8-5-3-1-2-4-6-9(8)11-10/h8-9H,1-7H2,(H,11,12). The summed E-state index contributed by atoms with van der Waals surface area (Å²) in [4.78, 5) is 11.1. The number of fused-ring (bicyclic) bond motifs is 1. The van der Waals surface area contributed by atoms with Crippen molar-refractivity contribution in [3.05, 3.63) is 0 Å². The molecular weight excluding hydrogens is 150 g/mol. The lowest BCUT2D eigenvalue weighted by atomic mass is 9.88. The van der Waals surface area contributed by atoms with Crippen molar-refractivity contribution in [3.63, 3.8) is 0 Å². The van der Waals surface area contributed by atoms with E-state index in [-0.39, 0.29) is 5.91 Å². The fraction of sp³-hybridized carbons (Fsp3) is 0.900. The van der Waals surface area contributed by atoms with Gasteiger partial charge >= 0.3 is 0 Å². The van der Waals surface area contributed by atoms with Gasteiger partial charge in [-0.15, -0.1) is 0 Å². The van der Waals surface area contributed by atoms with E-state index >= 15 is 0 Å². The summed E-state index contributed by atoms with van der Waals surface area (Å²) in [7, 11) is 0. The van der Waals surface area contributed by atoms with Crippen molar-refractivity contribution < 1.29 is 4.79 Å². The van der Waals surface area contributed by atoms with Crippen LogP contribution in [0.4, 0.5) is 0 Å². The molecule has 1 heterocycles. The first-order valence-corrected chi connectivity index (χ1v) is 5.15. The molecule has 1 N–H and O–H groups in total. The number of hydrogen-bond donors (Lipinski definition) is 1. The molecule has 0 aromatic carbocycles.